The van der Waals surface area contributed by atoms with Gasteiger partial charge in [0.05, 0.1) is 11.6 Å². The molecule has 16 heavy (non-hydrogen) atoms. The summed E-state index contributed by atoms with van der Waals surface area (Å²) >= 11 is 0. The van der Waals surface area contributed by atoms with E-state index in [9.17, 15) is 4.79 Å². The van der Waals surface area contributed by atoms with Crippen molar-refractivity contribution in [2.45, 2.75) is 19.3 Å². The molecule has 0 amide bonds. The molecule has 1 saturated carbocycles. The van der Waals surface area contributed by atoms with Crippen molar-refractivity contribution in [1.29, 1.82) is 0 Å². The number of imidazole rings is 1. The smallest absolute Gasteiger partial charge is 0.307 e. The molecule has 0 radical (unpaired) electrons. The molecule has 1 aliphatic rings. The van der Waals surface area contributed by atoms with Crippen molar-refractivity contribution in [2.75, 3.05) is 0 Å². The number of carbonyl (C=O) groups is 1. The number of rotatable bonds is 2. The van der Waals surface area contributed by atoms with E-state index in [-0.39, 0.29) is 11.8 Å². The Morgan fingerprint density at radius 1 is 1.56 bits per heavy atom. The van der Waals surface area contributed by atoms with Crippen molar-refractivity contribution in [3.8, 4) is 0 Å². The van der Waals surface area contributed by atoms with Crippen molar-refractivity contribution in [2.24, 2.45) is 5.92 Å². The highest BCUT2D eigenvalue weighted by atomic mass is 16.4. The van der Waals surface area contributed by atoms with Gasteiger partial charge >= 0.3 is 5.97 Å². The van der Waals surface area contributed by atoms with Gasteiger partial charge in [-0.05, 0) is 25.5 Å². The second-order valence-electron chi connectivity index (χ2n) is 4.30. The van der Waals surface area contributed by atoms with E-state index in [1.807, 2.05) is 35.7 Å². The lowest BCUT2D eigenvalue weighted by Crippen LogP contribution is -2.01. The lowest BCUT2D eigenvalue weighted by molar-refractivity contribution is -0.138. The minimum absolute atomic E-state index is 0.134. The first kappa shape index (κ1) is 9.39. The second kappa shape index (κ2) is 3.07. The van der Waals surface area contributed by atoms with Crippen LogP contribution in [0.25, 0.3) is 5.65 Å². The summed E-state index contributed by atoms with van der Waals surface area (Å²) in [6, 6.07) is 5.82. The summed E-state index contributed by atoms with van der Waals surface area (Å²) < 4.78 is 2.00. The van der Waals surface area contributed by atoms with Crippen LogP contribution < -0.4 is 0 Å². The van der Waals surface area contributed by atoms with E-state index in [1.54, 1.807) is 0 Å². The first-order chi connectivity index (χ1) is 7.68. The Bertz CT molecular complexity index is 573. The number of fused-ring (bicyclic) bond motifs is 1. The van der Waals surface area contributed by atoms with Crippen LogP contribution in [0.4, 0.5) is 0 Å². The van der Waals surface area contributed by atoms with Crippen LogP contribution in [0.15, 0.2) is 24.4 Å². The zero-order chi connectivity index (χ0) is 11.3. The standard InChI is InChI=1S/C12H12N2O2/c1-7-11(8-6-9(8)12(15)16)14-5-3-2-4-10(14)13-7/h2-5,8-9H,6H2,1H3,(H,15,16). The Morgan fingerprint density at radius 3 is 3.06 bits per heavy atom. The first-order valence-electron chi connectivity index (χ1n) is 5.35. The summed E-state index contributed by atoms with van der Waals surface area (Å²) in [6.07, 6.45) is 2.68. The summed E-state index contributed by atoms with van der Waals surface area (Å²) in [5.74, 6) is -0.788. The van der Waals surface area contributed by atoms with E-state index in [0.717, 1.165) is 23.5 Å². The lowest BCUT2D eigenvalue weighted by atomic mass is 10.2. The van der Waals surface area contributed by atoms with Crippen LogP contribution >= 0.6 is 0 Å². The monoisotopic (exact) mass is 216 g/mol. The van der Waals surface area contributed by atoms with Crippen molar-refractivity contribution in [3.05, 3.63) is 35.8 Å². The van der Waals surface area contributed by atoms with Gasteiger partial charge in [-0.1, -0.05) is 6.07 Å². The molecule has 1 N–H and O–H groups in total. The number of pyridine rings is 1. The highest BCUT2D eigenvalue weighted by Gasteiger charge is 2.46. The van der Waals surface area contributed by atoms with Crippen LogP contribution in [0.3, 0.4) is 0 Å². The molecule has 0 saturated heterocycles. The summed E-state index contributed by atoms with van der Waals surface area (Å²) in [5, 5.41) is 8.96. The van der Waals surface area contributed by atoms with E-state index in [0.29, 0.717) is 0 Å². The molecule has 2 atom stereocenters. The predicted octanol–water partition coefficient (Wildman–Crippen LogP) is 1.83. The molecule has 82 valence electrons. The number of hydrogen-bond donors (Lipinski definition) is 1. The molecule has 1 aliphatic carbocycles. The summed E-state index contributed by atoms with van der Waals surface area (Å²) in [6.45, 7) is 1.94. The topological polar surface area (TPSA) is 54.6 Å². The van der Waals surface area contributed by atoms with Gasteiger partial charge in [-0.25, -0.2) is 4.98 Å². The Hall–Kier alpha value is -1.84. The third kappa shape index (κ3) is 1.23. The molecule has 0 aliphatic heterocycles. The molecule has 0 aromatic carbocycles. The van der Waals surface area contributed by atoms with Crippen molar-refractivity contribution in [1.82, 2.24) is 9.38 Å². The molecule has 2 aromatic heterocycles. The van der Waals surface area contributed by atoms with Gasteiger partial charge < -0.3 is 9.51 Å². The SMILES string of the molecule is Cc1nc2ccccn2c1C1CC1C(=O)O. The number of hydrogen-bond acceptors (Lipinski definition) is 2. The van der Waals surface area contributed by atoms with E-state index in [2.05, 4.69) is 4.98 Å². The van der Waals surface area contributed by atoms with Crippen LogP contribution in [0.5, 0.6) is 0 Å². The molecule has 2 unspecified atom stereocenters. The van der Waals surface area contributed by atoms with Crippen LogP contribution in [-0.4, -0.2) is 20.5 Å². The van der Waals surface area contributed by atoms with Gasteiger partial charge in [0.25, 0.3) is 0 Å². The Kier molecular flexibility index (Phi) is 1.80. The van der Waals surface area contributed by atoms with Crippen LogP contribution in [0.2, 0.25) is 0 Å². The van der Waals surface area contributed by atoms with Crippen molar-refractivity contribution >= 4 is 11.6 Å². The predicted molar refractivity (Wildman–Crippen MR) is 58.4 cm³/mol. The van der Waals surface area contributed by atoms with Crippen molar-refractivity contribution < 1.29 is 9.90 Å². The van der Waals surface area contributed by atoms with Crippen molar-refractivity contribution in [3.63, 3.8) is 0 Å². The highest BCUT2D eigenvalue weighted by Crippen LogP contribution is 2.48. The average molecular weight is 216 g/mol. The van der Waals surface area contributed by atoms with Crippen LogP contribution in [0.1, 0.15) is 23.7 Å². The molecule has 0 bridgehead atoms. The molecule has 0 spiro atoms. The lowest BCUT2D eigenvalue weighted by Gasteiger charge is -2.00. The summed E-state index contributed by atoms with van der Waals surface area (Å²) in [5.41, 5.74) is 2.90. The molecule has 4 nitrogen and oxygen atoms in total. The fourth-order valence-corrected chi connectivity index (χ4v) is 2.35. The van der Waals surface area contributed by atoms with Gasteiger partial charge in [0.1, 0.15) is 5.65 Å². The molecule has 2 heterocycles. The minimum atomic E-state index is -0.699. The zero-order valence-electron chi connectivity index (χ0n) is 8.92. The van der Waals surface area contributed by atoms with E-state index in [1.165, 1.54) is 0 Å². The van der Waals surface area contributed by atoms with Crippen LogP contribution in [0, 0.1) is 12.8 Å². The number of aliphatic carboxylic acids is 1. The summed E-state index contributed by atoms with van der Waals surface area (Å²) in [4.78, 5) is 15.3. The molecule has 2 aromatic rings. The number of carboxylic acids is 1. The third-order valence-corrected chi connectivity index (χ3v) is 3.21. The molecule has 4 heteroatoms. The van der Waals surface area contributed by atoms with E-state index >= 15 is 0 Å². The fraction of sp³-hybridized carbons (Fsp3) is 0.333. The quantitative estimate of drug-likeness (QED) is 0.833. The zero-order valence-corrected chi connectivity index (χ0v) is 8.92. The highest BCUT2D eigenvalue weighted by molar-refractivity contribution is 5.75. The summed E-state index contributed by atoms with van der Waals surface area (Å²) in [7, 11) is 0. The third-order valence-electron chi connectivity index (χ3n) is 3.21. The molecule has 1 fully saturated rings. The molecular weight excluding hydrogens is 204 g/mol. The maximum Gasteiger partial charge on any atom is 0.307 e. The first-order valence-corrected chi connectivity index (χ1v) is 5.35. The minimum Gasteiger partial charge on any atom is -0.481 e. The Morgan fingerprint density at radius 2 is 2.38 bits per heavy atom. The molecule has 3 rings (SSSR count). The van der Waals surface area contributed by atoms with Gasteiger partial charge in [0.15, 0.2) is 0 Å². The average Bonchev–Trinajstić information content (AvgIpc) is 2.95. The van der Waals surface area contributed by atoms with Gasteiger partial charge in [0.2, 0.25) is 0 Å². The largest absolute Gasteiger partial charge is 0.481 e. The molecular formula is C12H12N2O2. The number of aryl methyl sites for hydroxylation is 1. The maximum atomic E-state index is 10.9. The number of nitrogens with zero attached hydrogens (tertiary/aromatic N) is 2. The van der Waals surface area contributed by atoms with Gasteiger partial charge in [-0.15, -0.1) is 0 Å². The fourth-order valence-electron chi connectivity index (χ4n) is 2.35. The number of carboxylic acid groups (broad SMARTS) is 1. The number of aromatic nitrogens is 2. The normalized spacial score (nSPS) is 23.6. The maximum absolute atomic E-state index is 10.9. The van der Waals surface area contributed by atoms with Gasteiger partial charge in [-0.3, -0.25) is 4.79 Å². The van der Waals surface area contributed by atoms with E-state index < -0.39 is 5.97 Å². The Balaban J connectivity index is 2.11. The second-order valence-corrected chi connectivity index (χ2v) is 4.30. The Labute approximate surface area is 92.5 Å². The van der Waals surface area contributed by atoms with E-state index in [4.69, 9.17) is 5.11 Å². The van der Waals surface area contributed by atoms with Gasteiger partial charge in [0, 0.05) is 17.8 Å². The van der Waals surface area contributed by atoms with Crippen LogP contribution in [-0.2, 0) is 4.79 Å². The van der Waals surface area contributed by atoms with Gasteiger partial charge in [-0.2, -0.15) is 0 Å².